The summed E-state index contributed by atoms with van der Waals surface area (Å²) in [6.45, 7) is -0.531. The van der Waals surface area contributed by atoms with Crippen molar-refractivity contribution in [1.29, 1.82) is 0 Å². The molecule has 2 N–H and O–H groups in total. The van der Waals surface area contributed by atoms with Gasteiger partial charge in [0.25, 0.3) is 0 Å². The van der Waals surface area contributed by atoms with Gasteiger partial charge in [0.05, 0.1) is 37.0 Å². The first-order valence-electron chi connectivity index (χ1n) is 12.9. The lowest BCUT2D eigenvalue weighted by Gasteiger charge is -2.33. The topological polar surface area (TPSA) is 137 Å². The molecule has 4 heterocycles. The highest BCUT2D eigenvalue weighted by molar-refractivity contribution is 7.89. The summed E-state index contributed by atoms with van der Waals surface area (Å²) in [6.07, 6.45) is 6.71. The standard InChI is InChI=1S/C26H27FN8O3S/c1-35-33-25(32-34-35)22-5-4-18(11-29-22)31-19-7-16-6-17-10-28-23(15-2-3-15)9-21(17)24(20(16)8-19)39(36,37)30-12-26(27)13-38-14-26/h4-6,9-11,15,19,30-31H,2-3,7-8,12-14H2,1H3. The Morgan fingerprint density at radius 1 is 1.15 bits per heavy atom. The Morgan fingerprint density at radius 3 is 2.67 bits per heavy atom. The summed E-state index contributed by atoms with van der Waals surface area (Å²) in [5.74, 6) is 0.809. The first-order chi connectivity index (χ1) is 18.8. The van der Waals surface area contributed by atoms with Crippen LogP contribution in [0.1, 0.15) is 35.6 Å². The van der Waals surface area contributed by atoms with Crippen molar-refractivity contribution in [3.63, 3.8) is 0 Å². The Morgan fingerprint density at radius 2 is 2.00 bits per heavy atom. The largest absolute Gasteiger partial charge is 0.380 e. The normalized spacial score (nSPS) is 20.1. The maximum absolute atomic E-state index is 14.7. The fourth-order valence-electron chi connectivity index (χ4n) is 5.33. The van der Waals surface area contributed by atoms with Crippen LogP contribution in [-0.2, 0) is 34.6 Å². The maximum atomic E-state index is 14.7. The van der Waals surface area contributed by atoms with Gasteiger partial charge >= 0.3 is 0 Å². The van der Waals surface area contributed by atoms with E-state index in [0.29, 0.717) is 35.7 Å². The molecule has 7 rings (SSSR count). The van der Waals surface area contributed by atoms with Crippen molar-refractivity contribution in [2.75, 3.05) is 25.1 Å². The summed E-state index contributed by atoms with van der Waals surface area (Å²) in [4.78, 5) is 10.7. The molecule has 11 nitrogen and oxygen atoms in total. The van der Waals surface area contributed by atoms with Crippen molar-refractivity contribution in [3.05, 3.63) is 53.5 Å². The number of tetrazole rings is 1. The fraction of sp³-hybridized carbons (Fsp3) is 0.423. The van der Waals surface area contributed by atoms with Gasteiger partial charge in [-0.15, -0.1) is 10.2 Å². The van der Waals surface area contributed by atoms with Crippen LogP contribution in [0.2, 0.25) is 0 Å². The highest BCUT2D eigenvalue weighted by Crippen LogP contribution is 2.42. The minimum absolute atomic E-state index is 0.0449. The Hall–Kier alpha value is -3.55. The fourth-order valence-corrected chi connectivity index (χ4v) is 6.93. The monoisotopic (exact) mass is 550 g/mol. The van der Waals surface area contributed by atoms with E-state index in [-0.39, 0.29) is 30.7 Å². The van der Waals surface area contributed by atoms with E-state index in [1.807, 2.05) is 24.3 Å². The smallest absolute Gasteiger partial charge is 0.241 e. The van der Waals surface area contributed by atoms with Crippen LogP contribution >= 0.6 is 0 Å². The molecule has 202 valence electrons. The van der Waals surface area contributed by atoms with E-state index in [0.717, 1.165) is 40.7 Å². The number of sulfonamides is 1. The number of ether oxygens (including phenoxy) is 1. The van der Waals surface area contributed by atoms with Crippen LogP contribution in [0.4, 0.5) is 10.1 Å². The molecular weight excluding hydrogens is 523 g/mol. The molecule has 1 aliphatic heterocycles. The molecule has 0 radical (unpaired) electrons. The lowest BCUT2D eigenvalue weighted by Crippen LogP contribution is -2.53. The summed E-state index contributed by atoms with van der Waals surface area (Å²) >= 11 is 0. The first-order valence-corrected chi connectivity index (χ1v) is 14.4. The lowest BCUT2D eigenvalue weighted by molar-refractivity contribution is -0.124. The second-order valence-electron chi connectivity index (χ2n) is 10.7. The summed E-state index contributed by atoms with van der Waals surface area (Å²) in [6, 6.07) is 7.61. The van der Waals surface area contributed by atoms with E-state index in [1.165, 1.54) is 4.80 Å². The number of benzene rings is 1. The molecule has 3 aliphatic rings. The Balaban J connectivity index is 1.20. The number of anilines is 1. The van der Waals surface area contributed by atoms with Gasteiger partial charge in [-0.1, -0.05) is 0 Å². The molecule has 0 bridgehead atoms. The lowest BCUT2D eigenvalue weighted by atomic mass is 10.0. The molecule has 1 saturated carbocycles. The summed E-state index contributed by atoms with van der Waals surface area (Å²) in [5, 5.41) is 16.9. The van der Waals surface area contributed by atoms with Gasteiger partial charge in [-0.05, 0) is 66.3 Å². The number of hydrogen-bond acceptors (Lipinski definition) is 9. The van der Waals surface area contributed by atoms with Crippen molar-refractivity contribution < 1.29 is 17.5 Å². The number of aromatic nitrogens is 6. The highest BCUT2D eigenvalue weighted by atomic mass is 32.2. The van der Waals surface area contributed by atoms with Gasteiger partial charge in [-0.3, -0.25) is 9.97 Å². The Labute approximate surface area is 224 Å². The maximum Gasteiger partial charge on any atom is 0.241 e. The molecule has 2 aliphatic carbocycles. The van der Waals surface area contributed by atoms with Crippen LogP contribution < -0.4 is 10.0 Å². The molecular formula is C26H27FN8O3S. The number of fused-ring (bicyclic) bond motifs is 2. The van der Waals surface area contributed by atoms with Crippen LogP contribution in [0.5, 0.6) is 0 Å². The van der Waals surface area contributed by atoms with E-state index < -0.39 is 15.7 Å². The number of rotatable bonds is 8. The summed E-state index contributed by atoms with van der Waals surface area (Å²) in [5.41, 5.74) is 2.34. The van der Waals surface area contributed by atoms with E-state index in [1.54, 1.807) is 19.4 Å². The quantitative estimate of drug-likeness (QED) is 0.339. The molecule has 1 saturated heterocycles. The average molecular weight is 551 g/mol. The zero-order valence-corrected chi connectivity index (χ0v) is 22.1. The van der Waals surface area contributed by atoms with Gasteiger partial charge < -0.3 is 10.1 Å². The van der Waals surface area contributed by atoms with Gasteiger partial charge in [0.1, 0.15) is 5.69 Å². The predicted octanol–water partition coefficient (Wildman–Crippen LogP) is 2.29. The molecule has 13 heteroatoms. The van der Waals surface area contributed by atoms with Gasteiger partial charge in [0.2, 0.25) is 15.8 Å². The summed E-state index contributed by atoms with van der Waals surface area (Å²) in [7, 11) is -2.32. The van der Waals surface area contributed by atoms with Crippen LogP contribution in [0.15, 0.2) is 41.6 Å². The highest BCUT2D eigenvalue weighted by Gasteiger charge is 2.41. The molecule has 1 aromatic carbocycles. The van der Waals surface area contributed by atoms with Crippen LogP contribution in [0.3, 0.4) is 0 Å². The van der Waals surface area contributed by atoms with Crippen LogP contribution in [0.25, 0.3) is 22.3 Å². The molecule has 2 fully saturated rings. The SMILES string of the molecule is Cn1nnc(-c2ccc(NC3Cc4cc5cnc(C6CC6)cc5c(S(=O)(=O)NCC5(F)COC5)c4C3)cn2)n1. The minimum atomic E-state index is -4.01. The van der Waals surface area contributed by atoms with Crippen molar-refractivity contribution >= 4 is 26.5 Å². The average Bonchev–Trinajstić information content (AvgIpc) is 3.55. The number of halogens is 1. The van der Waals surface area contributed by atoms with Gasteiger partial charge in [0.15, 0.2) is 5.67 Å². The number of nitrogens with one attached hydrogen (secondary N) is 2. The van der Waals surface area contributed by atoms with E-state index in [9.17, 15) is 12.8 Å². The summed E-state index contributed by atoms with van der Waals surface area (Å²) < 4.78 is 49.7. The van der Waals surface area contributed by atoms with Crippen molar-refractivity contribution in [2.24, 2.45) is 7.05 Å². The molecule has 4 aromatic rings. The van der Waals surface area contributed by atoms with E-state index in [4.69, 9.17) is 4.74 Å². The third-order valence-corrected chi connectivity index (χ3v) is 9.07. The first kappa shape index (κ1) is 24.5. The molecule has 0 amide bonds. The molecule has 3 aromatic heterocycles. The number of alkyl halides is 1. The zero-order valence-electron chi connectivity index (χ0n) is 21.3. The number of pyridine rings is 2. The molecule has 1 atom stereocenters. The second kappa shape index (κ2) is 9.00. The van der Waals surface area contributed by atoms with Crippen molar-refractivity contribution in [3.8, 4) is 11.5 Å². The predicted molar refractivity (Wildman–Crippen MR) is 140 cm³/mol. The van der Waals surface area contributed by atoms with Gasteiger partial charge in [-0.2, -0.15) is 4.80 Å². The van der Waals surface area contributed by atoms with Crippen LogP contribution in [0, 0.1) is 0 Å². The molecule has 39 heavy (non-hydrogen) atoms. The zero-order chi connectivity index (χ0) is 26.8. The molecule has 1 unspecified atom stereocenters. The van der Waals surface area contributed by atoms with Gasteiger partial charge in [-0.25, -0.2) is 17.5 Å². The number of hydrogen-bond donors (Lipinski definition) is 2. The third-order valence-electron chi connectivity index (χ3n) is 7.55. The van der Waals surface area contributed by atoms with E-state index >= 15 is 0 Å². The third kappa shape index (κ3) is 4.64. The minimum Gasteiger partial charge on any atom is -0.380 e. The van der Waals surface area contributed by atoms with Crippen LogP contribution in [-0.4, -0.2) is 70.1 Å². The van der Waals surface area contributed by atoms with E-state index in [2.05, 4.69) is 35.4 Å². The van der Waals surface area contributed by atoms with Gasteiger partial charge in [0, 0.05) is 41.2 Å². The number of nitrogens with zero attached hydrogens (tertiary/aromatic N) is 6. The Kier molecular flexibility index (Phi) is 5.65. The van der Waals surface area contributed by atoms with Crippen molar-refractivity contribution in [2.45, 2.75) is 48.2 Å². The molecule has 0 spiro atoms. The number of aryl methyl sites for hydroxylation is 1. The van der Waals surface area contributed by atoms with Crippen molar-refractivity contribution in [1.82, 2.24) is 34.9 Å². The second-order valence-corrected chi connectivity index (χ2v) is 12.4. The Bertz CT molecular complexity index is 1680.